The molecule has 3 nitrogen and oxygen atoms in total. The van der Waals surface area contributed by atoms with E-state index in [1.54, 1.807) is 43.6 Å². The summed E-state index contributed by atoms with van der Waals surface area (Å²) in [6.07, 6.45) is 1.63. The van der Waals surface area contributed by atoms with E-state index in [9.17, 15) is 4.79 Å². The second kappa shape index (κ2) is 5.10. The first kappa shape index (κ1) is 11.8. The predicted octanol–water partition coefficient (Wildman–Crippen LogP) is 3.08. The molecule has 17 heavy (non-hydrogen) atoms. The van der Waals surface area contributed by atoms with Crippen LogP contribution in [0.15, 0.2) is 47.2 Å². The van der Waals surface area contributed by atoms with E-state index in [1.807, 2.05) is 6.07 Å². The standard InChI is InChI=1S/C13H10BrNO2/c1-17-11-7-3-2-5-9(11)12(16)10-6-4-8-15-13(10)14/h2-8H,1H3. The van der Waals surface area contributed by atoms with Gasteiger partial charge in [0.15, 0.2) is 5.78 Å². The van der Waals surface area contributed by atoms with E-state index in [0.717, 1.165) is 0 Å². The smallest absolute Gasteiger partial charge is 0.199 e. The molecule has 0 saturated heterocycles. The highest BCUT2D eigenvalue weighted by Gasteiger charge is 2.16. The van der Waals surface area contributed by atoms with Crippen LogP contribution in [-0.2, 0) is 0 Å². The van der Waals surface area contributed by atoms with Crippen molar-refractivity contribution in [3.63, 3.8) is 0 Å². The molecule has 0 atom stereocenters. The number of nitrogens with zero attached hydrogens (tertiary/aromatic N) is 1. The number of halogens is 1. The minimum Gasteiger partial charge on any atom is -0.496 e. The third kappa shape index (κ3) is 2.36. The molecular weight excluding hydrogens is 282 g/mol. The van der Waals surface area contributed by atoms with E-state index in [4.69, 9.17) is 4.74 Å². The average Bonchev–Trinajstić information content (AvgIpc) is 2.38. The minimum atomic E-state index is -0.109. The number of para-hydroxylation sites is 1. The molecule has 0 N–H and O–H groups in total. The lowest BCUT2D eigenvalue weighted by Gasteiger charge is -2.07. The Kier molecular flexibility index (Phi) is 3.54. The van der Waals surface area contributed by atoms with Gasteiger partial charge in [0.2, 0.25) is 0 Å². The molecule has 1 aromatic carbocycles. The maximum atomic E-state index is 12.3. The summed E-state index contributed by atoms with van der Waals surface area (Å²) in [7, 11) is 1.55. The fourth-order valence-corrected chi connectivity index (χ4v) is 1.96. The van der Waals surface area contributed by atoms with Gasteiger partial charge in [-0.05, 0) is 40.2 Å². The Hall–Kier alpha value is -1.68. The number of benzene rings is 1. The number of ketones is 1. The van der Waals surface area contributed by atoms with Crippen LogP contribution in [0.25, 0.3) is 0 Å². The first-order valence-electron chi connectivity index (χ1n) is 5.02. The predicted molar refractivity (Wildman–Crippen MR) is 68.4 cm³/mol. The van der Waals surface area contributed by atoms with Crippen molar-refractivity contribution in [3.8, 4) is 5.75 Å². The highest BCUT2D eigenvalue weighted by Crippen LogP contribution is 2.23. The van der Waals surface area contributed by atoms with Crippen LogP contribution in [0.4, 0.5) is 0 Å². The normalized spacial score (nSPS) is 10.0. The van der Waals surface area contributed by atoms with Crippen LogP contribution < -0.4 is 4.74 Å². The van der Waals surface area contributed by atoms with Crippen molar-refractivity contribution >= 4 is 21.7 Å². The third-order valence-electron chi connectivity index (χ3n) is 2.36. The van der Waals surface area contributed by atoms with Crippen LogP contribution in [0.5, 0.6) is 5.75 Å². The number of methoxy groups -OCH3 is 1. The van der Waals surface area contributed by atoms with Gasteiger partial charge in [-0.3, -0.25) is 4.79 Å². The van der Waals surface area contributed by atoms with Gasteiger partial charge in [0.05, 0.1) is 18.2 Å². The summed E-state index contributed by atoms with van der Waals surface area (Å²) in [6, 6.07) is 10.6. The SMILES string of the molecule is COc1ccccc1C(=O)c1cccnc1Br. The lowest BCUT2D eigenvalue weighted by atomic mass is 10.0. The fourth-order valence-electron chi connectivity index (χ4n) is 1.53. The van der Waals surface area contributed by atoms with Crippen LogP contribution in [-0.4, -0.2) is 17.9 Å². The Labute approximate surface area is 108 Å². The maximum Gasteiger partial charge on any atom is 0.199 e. The van der Waals surface area contributed by atoms with Crippen molar-refractivity contribution in [1.82, 2.24) is 4.98 Å². The van der Waals surface area contributed by atoms with Crippen LogP contribution in [0.3, 0.4) is 0 Å². The van der Waals surface area contributed by atoms with Gasteiger partial charge in [-0.25, -0.2) is 4.98 Å². The number of carbonyl (C=O) groups excluding carboxylic acids is 1. The van der Waals surface area contributed by atoms with Crippen molar-refractivity contribution in [3.05, 3.63) is 58.3 Å². The molecule has 0 spiro atoms. The summed E-state index contributed by atoms with van der Waals surface area (Å²) in [4.78, 5) is 16.3. The molecule has 0 radical (unpaired) electrons. The van der Waals surface area contributed by atoms with E-state index >= 15 is 0 Å². The van der Waals surface area contributed by atoms with Crippen LogP contribution in [0.1, 0.15) is 15.9 Å². The molecule has 2 rings (SSSR count). The molecule has 0 unspecified atom stereocenters. The zero-order valence-corrected chi connectivity index (χ0v) is 10.8. The number of hydrogen-bond acceptors (Lipinski definition) is 3. The maximum absolute atomic E-state index is 12.3. The molecule has 2 aromatic rings. The molecule has 0 amide bonds. The largest absolute Gasteiger partial charge is 0.496 e. The molecule has 0 aliphatic rings. The molecular formula is C13H10BrNO2. The van der Waals surface area contributed by atoms with Gasteiger partial charge in [0.1, 0.15) is 10.4 Å². The number of rotatable bonds is 3. The summed E-state index contributed by atoms with van der Waals surface area (Å²) >= 11 is 3.27. The van der Waals surface area contributed by atoms with Gasteiger partial charge < -0.3 is 4.74 Å². The van der Waals surface area contributed by atoms with Gasteiger partial charge in [-0.2, -0.15) is 0 Å². The van der Waals surface area contributed by atoms with Crippen molar-refractivity contribution in [2.75, 3.05) is 7.11 Å². The van der Waals surface area contributed by atoms with Gasteiger partial charge in [0.25, 0.3) is 0 Å². The lowest BCUT2D eigenvalue weighted by Crippen LogP contribution is -2.05. The molecule has 0 fully saturated rings. The van der Waals surface area contributed by atoms with Crippen LogP contribution in [0, 0.1) is 0 Å². The Morgan fingerprint density at radius 2 is 1.88 bits per heavy atom. The van der Waals surface area contributed by atoms with Gasteiger partial charge in [-0.15, -0.1) is 0 Å². The summed E-state index contributed by atoms with van der Waals surface area (Å²) < 4.78 is 5.71. The Balaban J connectivity index is 2.48. The second-order valence-electron chi connectivity index (χ2n) is 3.37. The number of pyridine rings is 1. The number of ether oxygens (including phenoxy) is 1. The van der Waals surface area contributed by atoms with Crippen LogP contribution >= 0.6 is 15.9 Å². The Bertz CT molecular complexity index is 555. The minimum absolute atomic E-state index is 0.109. The molecule has 0 aliphatic carbocycles. The van der Waals surface area contributed by atoms with Gasteiger partial charge in [-0.1, -0.05) is 12.1 Å². The molecule has 0 saturated carbocycles. The van der Waals surface area contributed by atoms with Crippen molar-refractivity contribution in [2.45, 2.75) is 0 Å². The Morgan fingerprint density at radius 3 is 2.59 bits per heavy atom. The Morgan fingerprint density at radius 1 is 1.18 bits per heavy atom. The quantitative estimate of drug-likeness (QED) is 0.644. The van der Waals surface area contributed by atoms with E-state index in [1.165, 1.54) is 0 Å². The van der Waals surface area contributed by atoms with E-state index < -0.39 is 0 Å². The summed E-state index contributed by atoms with van der Waals surface area (Å²) in [5, 5.41) is 0. The van der Waals surface area contributed by atoms with E-state index in [0.29, 0.717) is 21.5 Å². The molecule has 86 valence electrons. The number of carbonyl (C=O) groups is 1. The number of hydrogen-bond donors (Lipinski definition) is 0. The van der Waals surface area contributed by atoms with Crippen molar-refractivity contribution < 1.29 is 9.53 Å². The van der Waals surface area contributed by atoms with Gasteiger partial charge in [0, 0.05) is 6.20 Å². The van der Waals surface area contributed by atoms with Gasteiger partial charge >= 0.3 is 0 Å². The third-order valence-corrected chi connectivity index (χ3v) is 2.99. The summed E-state index contributed by atoms with van der Waals surface area (Å²) in [5.74, 6) is 0.454. The van der Waals surface area contributed by atoms with E-state index in [2.05, 4.69) is 20.9 Å². The average molecular weight is 292 g/mol. The molecule has 1 heterocycles. The highest BCUT2D eigenvalue weighted by atomic mass is 79.9. The zero-order chi connectivity index (χ0) is 12.3. The molecule has 0 aliphatic heterocycles. The fraction of sp³-hybridized carbons (Fsp3) is 0.0769. The first-order chi connectivity index (χ1) is 8.24. The zero-order valence-electron chi connectivity index (χ0n) is 9.18. The number of aromatic nitrogens is 1. The van der Waals surface area contributed by atoms with Crippen LogP contribution in [0.2, 0.25) is 0 Å². The lowest BCUT2D eigenvalue weighted by molar-refractivity contribution is 0.103. The second-order valence-corrected chi connectivity index (χ2v) is 4.12. The molecule has 0 bridgehead atoms. The molecule has 4 heteroatoms. The van der Waals surface area contributed by atoms with E-state index in [-0.39, 0.29) is 5.78 Å². The first-order valence-corrected chi connectivity index (χ1v) is 5.81. The topological polar surface area (TPSA) is 39.2 Å². The van der Waals surface area contributed by atoms with Crippen molar-refractivity contribution in [1.29, 1.82) is 0 Å². The monoisotopic (exact) mass is 291 g/mol. The highest BCUT2D eigenvalue weighted by molar-refractivity contribution is 9.10. The molecule has 1 aromatic heterocycles. The van der Waals surface area contributed by atoms with Crippen molar-refractivity contribution in [2.24, 2.45) is 0 Å². The summed E-state index contributed by atoms with van der Waals surface area (Å²) in [6.45, 7) is 0. The summed E-state index contributed by atoms with van der Waals surface area (Å²) in [5.41, 5.74) is 1.06.